The summed E-state index contributed by atoms with van der Waals surface area (Å²) in [7, 11) is 2.65. The number of alkyl halides is 2. The van der Waals surface area contributed by atoms with E-state index >= 15 is 0 Å². The molecule has 0 aliphatic rings. The Labute approximate surface area is 108 Å². The molecule has 0 saturated heterocycles. The van der Waals surface area contributed by atoms with Crippen LogP contribution in [0.25, 0.3) is 0 Å². The van der Waals surface area contributed by atoms with Gasteiger partial charge in [0.2, 0.25) is 0 Å². The molecule has 0 spiro atoms. The minimum Gasteiger partial charge on any atom is -0.468 e. The highest BCUT2D eigenvalue weighted by molar-refractivity contribution is 5.95. The fraction of sp³-hybridized carbons (Fsp3) is 0.333. The number of hydrogen-bond acceptors (Lipinski definition) is 4. The summed E-state index contributed by atoms with van der Waals surface area (Å²) in [4.78, 5) is 24.0. The topological polar surface area (TPSA) is 55.8 Å². The predicted molar refractivity (Wildman–Crippen MR) is 62.1 cm³/mol. The van der Waals surface area contributed by atoms with Crippen molar-refractivity contribution < 1.29 is 27.8 Å². The molecule has 0 saturated carbocycles. The van der Waals surface area contributed by atoms with Crippen LogP contribution in [0, 0.1) is 0 Å². The molecular formula is C12H13F2NO4. The maximum Gasteiger partial charge on any atom is 0.387 e. The molecule has 0 radical (unpaired) electrons. The molecule has 0 fully saturated rings. The van der Waals surface area contributed by atoms with Gasteiger partial charge in [0.05, 0.1) is 7.11 Å². The fourth-order valence-corrected chi connectivity index (χ4v) is 1.33. The van der Waals surface area contributed by atoms with Crippen molar-refractivity contribution in [2.75, 3.05) is 20.7 Å². The van der Waals surface area contributed by atoms with Crippen molar-refractivity contribution in [3.05, 3.63) is 29.8 Å². The number of carbonyl (C=O) groups excluding carboxylic acids is 2. The summed E-state index contributed by atoms with van der Waals surface area (Å²) in [5.41, 5.74) is 0.257. The molecule has 1 rings (SSSR count). The molecule has 0 N–H and O–H groups in total. The standard InChI is InChI=1S/C12H13F2NO4/c1-15(7-10(16)18-2)11(17)8-3-5-9(6-4-8)19-12(13)14/h3-6,12H,7H2,1-2H3. The number of carbonyl (C=O) groups is 2. The number of amides is 1. The van der Waals surface area contributed by atoms with E-state index in [2.05, 4.69) is 9.47 Å². The highest BCUT2D eigenvalue weighted by atomic mass is 19.3. The van der Waals surface area contributed by atoms with Gasteiger partial charge >= 0.3 is 12.6 Å². The highest BCUT2D eigenvalue weighted by Crippen LogP contribution is 2.15. The lowest BCUT2D eigenvalue weighted by Crippen LogP contribution is -2.32. The SMILES string of the molecule is COC(=O)CN(C)C(=O)c1ccc(OC(F)F)cc1. The van der Waals surface area contributed by atoms with Gasteiger partial charge in [-0.05, 0) is 24.3 Å². The van der Waals surface area contributed by atoms with Gasteiger partial charge in [0, 0.05) is 12.6 Å². The maximum absolute atomic E-state index is 11.9. The lowest BCUT2D eigenvalue weighted by molar-refractivity contribution is -0.141. The molecule has 0 aliphatic carbocycles. The number of rotatable bonds is 5. The highest BCUT2D eigenvalue weighted by Gasteiger charge is 2.15. The van der Waals surface area contributed by atoms with Crippen molar-refractivity contribution in [2.24, 2.45) is 0 Å². The van der Waals surface area contributed by atoms with Crippen molar-refractivity contribution in [2.45, 2.75) is 6.61 Å². The van der Waals surface area contributed by atoms with E-state index in [1.165, 1.54) is 38.4 Å². The Kier molecular flexibility index (Phi) is 5.23. The minimum absolute atomic E-state index is 0.0397. The first kappa shape index (κ1) is 14.9. The van der Waals surface area contributed by atoms with Gasteiger partial charge in [-0.1, -0.05) is 0 Å². The number of methoxy groups -OCH3 is 1. The zero-order valence-corrected chi connectivity index (χ0v) is 10.4. The van der Waals surface area contributed by atoms with E-state index in [1.807, 2.05) is 0 Å². The van der Waals surface area contributed by atoms with Crippen LogP contribution in [-0.2, 0) is 9.53 Å². The molecule has 0 heterocycles. The predicted octanol–water partition coefficient (Wildman–Crippen LogP) is 1.53. The number of nitrogens with zero attached hydrogens (tertiary/aromatic N) is 1. The zero-order valence-electron chi connectivity index (χ0n) is 10.4. The van der Waals surface area contributed by atoms with Gasteiger partial charge < -0.3 is 14.4 Å². The second-order valence-electron chi connectivity index (χ2n) is 3.64. The molecule has 7 heteroatoms. The van der Waals surface area contributed by atoms with Crippen molar-refractivity contribution in [3.8, 4) is 5.75 Å². The number of esters is 1. The Morgan fingerprint density at radius 3 is 2.32 bits per heavy atom. The van der Waals surface area contributed by atoms with Crippen molar-refractivity contribution >= 4 is 11.9 Å². The quantitative estimate of drug-likeness (QED) is 0.763. The van der Waals surface area contributed by atoms with E-state index < -0.39 is 18.5 Å². The number of benzene rings is 1. The van der Waals surface area contributed by atoms with Gasteiger partial charge in [-0.2, -0.15) is 8.78 Å². The van der Waals surface area contributed by atoms with Crippen LogP contribution in [0.2, 0.25) is 0 Å². The van der Waals surface area contributed by atoms with Crippen LogP contribution in [0.5, 0.6) is 5.75 Å². The smallest absolute Gasteiger partial charge is 0.387 e. The summed E-state index contributed by atoms with van der Waals surface area (Å²) in [5.74, 6) is -1.01. The largest absolute Gasteiger partial charge is 0.468 e. The van der Waals surface area contributed by atoms with Crippen molar-refractivity contribution in [1.82, 2.24) is 4.90 Å². The molecule has 0 unspecified atom stereocenters. The van der Waals surface area contributed by atoms with Crippen LogP contribution < -0.4 is 4.74 Å². The van der Waals surface area contributed by atoms with E-state index in [-0.39, 0.29) is 17.9 Å². The van der Waals surface area contributed by atoms with E-state index in [0.29, 0.717) is 0 Å². The number of ether oxygens (including phenoxy) is 2. The Morgan fingerprint density at radius 2 is 1.84 bits per heavy atom. The Hall–Kier alpha value is -2.18. The van der Waals surface area contributed by atoms with Crippen LogP contribution in [0.15, 0.2) is 24.3 Å². The summed E-state index contributed by atoms with van der Waals surface area (Å²) in [6.45, 7) is -3.10. The van der Waals surface area contributed by atoms with Crippen LogP contribution >= 0.6 is 0 Å². The van der Waals surface area contributed by atoms with Crippen LogP contribution in [0.1, 0.15) is 10.4 Å². The Bertz CT molecular complexity index is 448. The third-order valence-electron chi connectivity index (χ3n) is 2.27. The third kappa shape index (κ3) is 4.53. The molecule has 0 aliphatic heterocycles. The normalized spacial score (nSPS) is 10.2. The molecule has 1 aromatic carbocycles. The van der Waals surface area contributed by atoms with Crippen LogP contribution in [0.4, 0.5) is 8.78 Å². The Morgan fingerprint density at radius 1 is 1.26 bits per heavy atom. The monoisotopic (exact) mass is 273 g/mol. The summed E-state index contributed by atoms with van der Waals surface area (Å²) in [6.07, 6.45) is 0. The van der Waals surface area contributed by atoms with E-state index in [1.54, 1.807) is 0 Å². The van der Waals surface area contributed by atoms with Gasteiger partial charge in [-0.25, -0.2) is 0 Å². The molecule has 5 nitrogen and oxygen atoms in total. The fourth-order valence-electron chi connectivity index (χ4n) is 1.33. The summed E-state index contributed by atoms with van der Waals surface area (Å²) in [6, 6.07) is 5.19. The van der Waals surface area contributed by atoms with Gasteiger partial charge in [0.25, 0.3) is 5.91 Å². The lowest BCUT2D eigenvalue weighted by Gasteiger charge is -2.15. The van der Waals surface area contributed by atoms with E-state index in [0.717, 1.165) is 4.90 Å². The molecule has 1 amide bonds. The summed E-state index contributed by atoms with van der Waals surface area (Å²) in [5, 5.41) is 0. The first-order valence-electron chi connectivity index (χ1n) is 5.31. The number of hydrogen-bond donors (Lipinski definition) is 0. The molecular weight excluding hydrogens is 260 g/mol. The minimum atomic E-state index is -2.91. The zero-order chi connectivity index (χ0) is 14.4. The molecule has 0 atom stereocenters. The second kappa shape index (κ2) is 6.67. The molecule has 1 aromatic rings. The van der Waals surface area contributed by atoms with Gasteiger partial charge in [-0.3, -0.25) is 9.59 Å². The molecule has 104 valence electrons. The Balaban J connectivity index is 2.69. The summed E-state index contributed by atoms with van der Waals surface area (Å²) < 4.78 is 32.5. The third-order valence-corrected chi connectivity index (χ3v) is 2.27. The first-order chi connectivity index (χ1) is 8.93. The van der Waals surface area contributed by atoms with Gasteiger partial charge in [-0.15, -0.1) is 0 Å². The first-order valence-corrected chi connectivity index (χ1v) is 5.31. The molecule has 0 bridgehead atoms. The lowest BCUT2D eigenvalue weighted by atomic mass is 10.2. The molecule has 19 heavy (non-hydrogen) atoms. The van der Waals surface area contributed by atoms with E-state index in [4.69, 9.17) is 0 Å². The van der Waals surface area contributed by atoms with E-state index in [9.17, 15) is 18.4 Å². The average Bonchev–Trinajstić information content (AvgIpc) is 2.37. The number of likely N-dealkylation sites (N-methyl/N-ethyl adjacent to an activating group) is 1. The number of halogens is 2. The second-order valence-corrected chi connectivity index (χ2v) is 3.64. The average molecular weight is 273 g/mol. The molecule has 0 aromatic heterocycles. The van der Waals surface area contributed by atoms with Gasteiger partial charge in [0.1, 0.15) is 12.3 Å². The van der Waals surface area contributed by atoms with Crippen LogP contribution in [-0.4, -0.2) is 44.1 Å². The van der Waals surface area contributed by atoms with Gasteiger partial charge in [0.15, 0.2) is 0 Å². The summed E-state index contributed by atoms with van der Waals surface area (Å²) >= 11 is 0. The maximum atomic E-state index is 11.9. The van der Waals surface area contributed by atoms with Crippen molar-refractivity contribution in [1.29, 1.82) is 0 Å². The van der Waals surface area contributed by atoms with Crippen LogP contribution in [0.3, 0.4) is 0 Å². The van der Waals surface area contributed by atoms with Crippen molar-refractivity contribution in [3.63, 3.8) is 0 Å².